The molecule has 0 spiro atoms. The van der Waals surface area contributed by atoms with Crippen LogP contribution in [0.2, 0.25) is 0 Å². The van der Waals surface area contributed by atoms with Crippen LogP contribution < -0.4 is 4.90 Å². The van der Waals surface area contributed by atoms with Crippen LogP contribution in [0.3, 0.4) is 0 Å². The van der Waals surface area contributed by atoms with Crippen LogP contribution in [0, 0.1) is 12.8 Å². The minimum Gasteiger partial charge on any atom is -0.381 e. The Balaban J connectivity index is 1.47. The molecule has 1 atom stereocenters. The molecule has 4 rings (SSSR count). The number of para-hydroxylation sites is 1. The van der Waals surface area contributed by atoms with E-state index in [2.05, 4.69) is 46.0 Å². The van der Waals surface area contributed by atoms with Crippen LogP contribution in [0.25, 0.3) is 10.9 Å². The molecule has 4 heteroatoms. The van der Waals surface area contributed by atoms with Crippen molar-refractivity contribution in [3.05, 3.63) is 36.0 Å². The van der Waals surface area contributed by atoms with Crippen LogP contribution >= 0.6 is 0 Å². The molecule has 122 valence electrons. The lowest BCUT2D eigenvalue weighted by molar-refractivity contribution is 0.164. The third-order valence-corrected chi connectivity index (χ3v) is 5.20. The predicted molar refractivity (Wildman–Crippen MR) is 94.1 cm³/mol. The molecule has 3 heterocycles. The molecule has 1 aromatic heterocycles. The Morgan fingerprint density at radius 3 is 2.83 bits per heavy atom. The van der Waals surface area contributed by atoms with Crippen molar-refractivity contribution in [1.82, 2.24) is 9.88 Å². The molecule has 0 N–H and O–H groups in total. The molecule has 0 radical (unpaired) electrons. The van der Waals surface area contributed by atoms with Crippen molar-refractivity contribution >= 4 is 16.6 Å². The fraction of sp³-hybridized carbons (Fsp3) is 0.526. The van der Waals surface area contributed by atoms with Crippen LogP contribution in [0.4, 0.5) is 5.69 Å². The van der Waals surface area contributed by atoms with Gasteiger partial charge in [0.1, 0.15) is 0 Å². The molecular weight excluding hydrogens is 286 g/mol. The Morgan fingerprint density at radius 1 is 1.17 bits per heavy atom. The van der Waals surface area contributed by atoms with E-state index in [-0.39, 0.29) is 0 Å². The minimum atomic E-state index is 0.742. The Morgan fingerprint density at radius 2 is 2.04 bits per heavy atom. The van der Waals surface area contributed by atoms with Gasteiger partial charge in [0.25, 0.3) is 0 Å². The second-order valence-electron chi connectivity index (χ2n) is 6.82. The van der Waals surface area contributed by atoms with Gasteiger partial charge in [-0.3, -0.25) is 9.88 Å². The summed E-state index contributed by atoms with van der Waals surface area (Å²) in [7, 11) is 0. The Bertz CT molecular complexity index is 673. The smallest absolute Gasteiger partial charge is 0.0751 e. The van der Waals surface area contributed by atoms with Crippen LogP contribution in [0.5, 0.6) is 0 Å². The zero-order chi connectivity index (χ0) is 15.6. The molecule has 1 aromatic carbocycles. The summed E-state index contributed by atoms with van der Waals surface area (Å²) in [6.07, 6.45) is 3.18. The van der Waals surface area contributed by atoms with Gasteiger partial charge in [0.05, 0.1) is 12.1 Å². The summed E-state index contributed by atoms with van der Waals surface area (Å²) in [4.78, 5) is 9.69. The standard InChI is InChI=1S/C19H25N3O/c1-15-3-2-4-17-18(5-7-20-19(15)17)22-10-8-21(9-11-22)13-16-6-12-23-14-16/h2-5,7,16H,6,8-14H2,1H3. The first-order valence-corrected chi connectivity index (χ1v) is 8.70. The van der Waals surface area contributed by atoms with Crippen molar-refractivity contribution < 1.29 is 4.74 Å². The van der Waals surface area contributed by atoms with Gasteiger partial charge in [-0.25, -0.2) is 0 Å². The lowest BCUT2D eigenvalue weighted by atomic mass is 10.1. The maximum Gasteiger partial charge on any atom is 0.0751 e. The monoisotopic (exact) mass is 311 g/mol. The molecule has 4 nitrogen and oxygen atoms in total. The van der Waals surface area contributed by atoms with Crippen molar-refractivity contribution in [2.75, 3.05) is 50.8 Å². The highest BCUT2D eigenvalue weighted by molar-refractivity contribution is 5.93. The number of ether oxygens (including phenoxy) is 1. The summed E-state index contributed by atoms with van der Waals surface area (Å²) in [5.41, 5.74) is 3.72. The number of hydrogen-bond donors (Lipinski definition) is 0. The maximum atomic E-state index is 5.50. The van der Waals surface area contributed by atoms with E-state index in [0.717, 1.165) is 50.8 Å². The first-order valence-electron chi connectivity index (χ1n) is 8.70. The lowest BCUT2D eigenvalue weighted by Crippen LogP contribution is -2.48. The predicted octanol–water partition coefficient (Wildman–Crippen LogP) is 2.70. The van der Waals surface area contributed by atoms with Crippen molar-refractivity contribution in [2.45, 2.75) is 13.3 Å². The zero-order valence-electron chi connectivity index (χ0n) is 13.9. The second-order valence-corrected chi connectivity index (χ2v) is 6.82. The van der Waals surface area contributed by atoms with E-state index in [4.69, 9.17) is 4.74 Å². The third-order valence-electron chi connectivity index (χ3n) is 5.20. The molecule has 2 fully saturated rings. The highest BCUT2D eigenvalue weighted by atomic mass is 16.5. The molecule has 0 amide bonds. The van der Waals surface area contributed by atoms with Crippen molar-refractivity contribution in [3.8, 4) is 0 Å². The van der Waals surface area contributed by atoms with Gasteiger partial charge in [0.15, 0.2) is 0 Å². The molecule has 23 heavy (non-hydrogen) atoms. The van der Waals surface area contributed by atoms with Crippen molar-refractivity contribution in [3.63, 3.8) is 0 Å². The molecule has 2 saturated heterocycles. The van der Waals surface area contributed by atoms with Gasteiger partial charge < -0.3 is 9.64 Å². The summed E-state index contributed by atoms with van der Waals surface area (Å²) >= 11 is 0. The van der Waals surface area contributed by atoms with Gasteiger partial charge in [-0.15, -0.1) is 0 Å². The normalized spacial score (nSPS) is 22.8. The van der Waals surface area contributed by atoms with Crippen molar-refractivity contribution in [2.24, 2.45) is 5.92 Å². The van der Waals surface area contributed by atoms with Crippen LogP contribution in [-0.2, 0) is 4.74 Å². The Hall–Kier alpha value is -1.65. The fourth-order valence-electron chi connectivity index (χ4n) is 3.85. The van der Waals surface area contributed by atoms with Gasteiger partial charge in [0, 0.05) is 56.6 Å². The van der Waals surface area contributed by atoms with E-state index in [1.54, 1.807) is 0 Å². The molecule has 1 unspecified atom stereocenters. The number of pyridine rings is 1. The summed E-state index contributed by atoms with van der Waals surface area (Å²) in [5.74, 6) is 0.742. The molecular formula is C19H25N3O. The number of benzene rings is 1. The van der Waals surface area contributed by atoms with E-state index in [9.17, 15) is 0 Å². The average molecular weight is 311 g/mol. The number of aromatic nitrogens is 1. The topological polar surface area (TPSA) is 28.6 Å². The summed E-state index contributed by atoms with van der Waals surface area (Å²) < 4.78 is 5.50. The number of anilines is 1. The van der Waals surface area contributed by atoms with E-state index in [1.165, 1.54) is 29.6 Å². The third kappa shape index (κ3) is 3.06. The van der Waals surface area contributed by atoms with E-state index in [0.29, 0.717) is 0 Å². The van der Waals surface area contributed by atoms with Crippen LogP contribution in [0.15, 0.2) is 30.5 Å². The van der Waals surface area contributed by atoms with Gasteiger partial charge in [-0.05, 0) is 30.9 Å². The number of nitrogens with zero attached hydrogens (tertiary/aromatic N) is 3. The second kappa shape index (κ2) is 6.46. The Kier molecular flexibility index (Phi) is 4.19. The summed E-state index contributed by atoms with van der Waals surface area (Å²) in [5, 5.41) is 1.28. The number of aryl methyl sites for hydroxylation is 1. The van der Waals surface area contributed by atoms with E-state index in [1.807, 2.05) is 6.20 Å². The molecule has 2 aromatic rings. The van der Waals surface area contributed by atoms with Crippen molar-refractivity contribution in [1.29, 1.82) is 0 Å². The molecule has 2 aliphatic rings. The van der Waals surface area contributed by atoms with Crippen LogP contribution in [0.1, 0.15) is 12.0 Å². The largest absolute Gasteiger partial charge is 0.381 e. The van der Waals surface area contributed by atoms with Gasteiger partial charge >= 0.3 is 0 Å². The average Bonchev–Trinajstić information content (AvgIpc) is 3.09. The highest BCUT2D eigenvalue weighted by Gasteiger charge is 2.23. The number of rotatable bonds is 3. The SMILES string of the molecule is Cc1cccc2c(N3CCN(CC4CCOC4)CC3)ccnc12. The first kappa shape index (κ1) is 14.9. The highest BCUT2D eigenvalue weighted by Crippen LogP contribution is 2.28. The lowest BCUT2D eigenvalue weighted by Gasteiger charge is -2.37. The van der Waals surface area contributed by atoms with Crippen LogP contribution in [-0.4, -0.2) is 55.8 Å². The van der Waals surface area contributed by atoms with E-state index >= 15 is 0 Å². The molecule has 0 bridgehead atoms. The maximum absolute atomic E-state index is 5.50. The number of hydrogen-bond acceptors (Lipinski definition) is 4. The van der Waals surface area contributed by atoms with Gasteiger partial charge in [-0.1, -0.05) is 18.2 Å². The summed E-state index contributed by atoms with van der Waals surface area (Å²) in [6, 6.07) is 8.65. The first-order chi connectivity index (χ1) is 11.3. The Labute approximate surface area is 138 Å². The van der Waals surface area contributed by atoms with Gasteiger partial charge in [0.2, 0.25) is 0 Å². The fourth-order valence-corrected chi connectivity index (χ4v) is 3.85. The molecule has 2 aliphatic heterocycles. The quantitative estimate of drug-likeness (QED) is 0.871. The minimum absolute atomic E-state index is 0.742. The van der Waals surface area contributed by atoms with Gasteiger partial charge in [-0.2, -0.15) is 0 Å². The number of piperazine rings is 1. The zero-order valence-corrected chi connectivity index (χ0v) is 13.9. The number of fused-ring (bicyclic) bond motifs is 1. The summed E-state index contributed by atoms with van der Waals surface area (Å²) in [6.45, 7) is 9.73. The molecule has 0 aliphatic carbocycles. The molecule has 0 saturated carbocycles. The van der Waals surface area contributed by atoms with E-state index < -0.39 is 0 Å².